The van der Waals surface area contributed by atoms with Crippen LogP contribution in [0.4, 0.5) is 10.1 Å². The van der Waals surface area contributed by atoms with E-state index in [1.807, 2.05) is 6.07 Å². The maximum absolute atomic E-state index is 14.2. The Morgan fingerprint density at radius 1 is 1.21 bits per heavy atom. The van der Waals surface area contributed by atoms with Crippen LogP contribution in [0, 0.1) is 17.1 Å². The van der Waals surface area contributed by atoms with Gasteiger partial charge in [0.1, 0.15) is 18.3 Å². The van der Waals surface area contributed by atoms with Crippen molar-refractivity contribution in [3.05, 3.63) is 66.5 Å². The molecule has 0 aliphatic carbocycles. The molecule has 11 heteroatoms. The van der Waals surface area contributed by atoms with Crippen LogP contribution in [0.3, 0.4) is 0 Å². The van der Waals surface area contributed by atoms with Gasteiger partial charge in [0.05, 0.1) is 11.0 Å². The summed E-state index contributed by atoms with van der Waals surface area (Å²) < 4.78 is 41.9. The number of anilines is 1. The molecule has 9 nitrogen and oxygen atoms in total. The van der Waals surface area contributed by atoms with E-state index >= 15 is 0 Å². The minimum Gasteiger partial charge on any atom is -0.322 e. The van der Waals surface area contributed by atoms with Crippen molar-refractivity contribution in [2.45, 2.75) is 11.3 Å². The number of amides is 1. The minimum atomic E-state index is -3.76. The minimum absolute atomic E-state index is 0.00275. The molecule has 0 radical (unpaired) electrons. The van der Waals surface area contributed by atoms with E-state index in [0.29, 0.717) is 0 Å². The third-order valence-electron chi connectivity index (χ3n) is 3.83. The van der Waals surface area contributed by atoms with Crippen LogP contribution in [0.2, 0.25) is 0 Å². The van der Waals surface area contributed by atoms with Gasteiger partial charge in [-0.25, -0.2) is 27.2 Å². The van der Waals surface area contributed by atoms with Crippen LogP contribution in [0.15, 0.2) is 60.0 Å². The molecule has 1 heterocycles. The van der Waals surface area contributed by atoms with Crippen molar-refractivity contribution in [2.24, 2.45) is 0 Å². The lowest BCUT2D eigenvalue weighted by atomic mass is 10.2. The second-order valence-electron chi connectivity index (χ2n) is 5.79. The zero-order chi connectivity index (χ0) is 20.9. The predicted octanol–water partition coefficient (Wildman–Crippen LogP) is 1.85. The van der Waals surface area contributed by atoms with Crippen molar-refractivity contribution in [1.29, 1.82) is 5.26 Å². The molecule has 2 aromatic carbocycles. The van der Waals surface area contributed by atoms with E-state index in [9.17, 15) is 17.6 Å². The van der Waals surface area contributed by atoms with Crippen molar-refractivity contribution >= 4 is 21.6 Å². The Morgan fingerprint density at radius 2 is 1.97 bits per heavy atom. The standard InChI is InChI=1S/C18H15FN6O3S/c19-16-10-14(4-7-17(16)25-12-21-11-22-25)24-18(26)13-2-5-15(6-3-13)29(27,28)23-9-1-8-20/h2-7,10-12,23H,1,9H2,(H,24,26). The Morgan fingerprint density at radius 3 is 2.59 bits per heavy atom. The molecule has 148 valence electrons. The van der Waals surface area contributed by atoms with Crippen molar-refractivity contribution < 1.29 is 17.6 Å². The van der Waals surface area contributed by atoms with E-state index in [0.717, 1.165) is 6.07 Å². The average molecular weight is 414 g/mol. The van der Waals surface area contributed by atoms with Crippen LogP contribution in [0.25, 0.3) is 5.69 Å². The van der Waals surface area contributed by atoms with Gasteiger partial charge < -0.3 is 5.32 Å². The van der Waals surface area contributed by atoms with Crippen molar-refractivity contribution in [2.75, 3.05) is 11.9 Å². The van der Waals surface area contributed by atoms with Crippen LogP contribution in [-0.4, -0.2) is 35.6 Å². The van der Waals surface area contributed by atoms with Gasteiger partial charge in [-0.15, -0.1) is 0 Å². The second-order valence-corrected chi connectivity index (χ2v) is 7.56. The molecule has 0 bridgehead atoms. The number of carbonyl (C=O) groups is 1. The Bertz CT molecular complexity index is 1160. The van der Waals surface area contributed by atoms with Crippen LogP contribution in [0.1, 0.15) is 16.8 Å². The van der Waals surface area contributed by atoms with Gasteiger partial charge in [0.15, 0.2) is 5.82 Å². The largest absolute Gasteiger partial charge is 0.322 e. The van der Waals surface area contributed by atoms with Crippen LogP contribution in [-0.2, 0) is 10.0 Å². The highest BCUT2D eigenvalue weighted by molar-refractivity contribution is 7.89. The van der Waals surface area contributed by atoms with Gasteiger partial charge in [-0.2, -0.15) is 10.4 Å². The van der Waals surface area contributed by atoms with E-state index in [4.69, 9.17) is 5.26 Å². The Labute approximate surface area is 165 Å². The van der Waals surface area contributed by atoms with Gasteiger partial charge in [0.25, 0.3) is 5.91 Å². The highest BCUT2D eigenvalue weighted by atomic mass is 32.2. The first-order chi connectivity index (χ1) is 13.9. The lowest BCUT2D eigenvalue weighted by Crippen LogP contribution is -2.24. The Balaban J connectivity index is 1.70. The molecule has 29 heavy (non-hydrogen) atoms. The molecule has 0 saturated heterocycles. The Kier molecular flexibility index (Phi) is 5.96. The SMILES string of the molecule is N#CCCNS(=O)(=O)c1ccc(C(=O)Nc2ccc(-n3cncn3)c(F)c2)cc1. The summed E-state index contributed by atoms with van der Waals surface area (Å²) in [6, 6.07) is 11.2. The van der Waals surface area contributed by atoms with Gasteiger partial charge in [0, 0.05) is 24.2 Å². The fourth-order valence-electron chi connectivity index (χ4n) is 2.42. The number of hydrogen-bond donors (Lipinski definition) is 2. The number of rotatable bonds is 7. The van der Waals surface area contributed by atoms with Crippen molar-refractivity contribution in [3.63, 3.8) is 0 Å². The number of nitriles is 1. The molecule has 0 atom stereocenters. The summed E-state index contributed by atoms with van der Waals surface area (Å²) in [6.07, 6.45) is 2.67. The molecule has 0 aliphatic rings. The lowest BCUT2D eigenvalue weighted by molar-refractivity contribution is 0.102. The summed E-state index contributed by atoms with van der Waals surface area (Å²) in [5.74, 6) is -1.13. The molecule has 0 saturated carbocycles. The summed E-state index contributed by atoms with van der Waals surface area (Å²) in [7, 11) is -3.76. The van der Waals surface area contributed by atoms with E-state index in [-0.39, 0.29) is 34.8 Å². The highest BCUT2D eigenvalue weighted by Gasteiger charge is 2.15. The third-order valence-corrected chi connectivity index (χ3v) is 5.30. The highest BCUT2D eigenvalue weighted by Crippen LogP contribution is 2.18. The second kappa shape index (κ2) is 8.59. The Hall–Kier alpha value is -3.62. The summed E-state index contributed by atoms with van der Waals surface area (Å²) in [5, 5.41) is 14.9. The number of halogens is 1. The molecule has 2 N–H and O–H groups in total. The summed E-state index contributed by atoms with van der Waals surface area (Å²) in [6.45, 7) is -0.00275. The lowest BCUT2D eigenvalue weighted by Gasteiger charge is -2.09. The molecule has 3 rings (SSSR count). The summed E-state index contributed by atoms with van der Waals surface area (Å²) >= 11 is 0. The maximum Gasteiger partial charge on any atom is 0.255 e. The van der Waals surface area contributed by atoms with Gasteiger partial charge in [-0.05, 0) is 42.5 Å². The molecular weight excluding hydrogens is 399 g/mol. The van der Waals surface area contributed by atoms with E-state index < -0.39 is 21.7 Å². The molecule has 1 aromatic heterocycles. The van der Waals surface area contributed by atoms with Gasteiger partial charge in [-0.1, -0.05) is 0 Å². The number of benzene rings is 2. The van der Waals surface area contributed by atoms with Crippen LogP contribution >= 0.6 is 0 Å². The number of carbonyl (C=O) groups excluding carboxylic acids is 1. The van der Waals surface area contributed by atoms with E-state index in [1.165, 1.54) is 53.7 Å². The first-order valence-electron chi connectivity index (χ1n) is 8.33. The smallest absolute Gasteiger partial charge is 0.255 e. The zero-order valence-electron chi connectivity index (χ0n) is 14.9. The number of nitrogens with one attached hydrogen (secondary N) is 2. The summed E-state index contributed by atoms with van der Waals surface area (Å²) in [5.41, 5.74) is 0.604. The van der Waals surface area contributed by atoms with Crippen LogP contribution < -0.4 is 10.0 Å². The van der Waals surface area contributed by atoms with Gasteiger partial charge in [0.2, 0.25) is 10.0 Å². The molecule has 0 spiro atoms. The number of nitrogens with zero attached hydrogens (tertiary/aromatic N) is 4. The molecule has 1 amide bonds. The number of hydrogen-bond acceptors (Lipinski definition) is 6. The topological polar surface area (TPSA) is 130 Å². The van der Waals surface area contributed by atoms with Crippen LogP contribution in [0.5, 0.6) is 0 Å². The first-order valence-corrected chi connectivity index (χ1v) is 9.81. The maximum atomic E-state index is 14.2. The monoisotopic (exact) mass is 414 g/mol. The summed E-state index contributed by atoms with van der Waals surface area (Å²) in [4.78, 5) is 16.1. The van der Waals surface area contributed by atoms with E-state index in [1.54, 1.807) is 0 Å². The molecule has 3 aromatic rings. The fraction of sp³-hybridized carbons (Fsp3) is 0.111. The zero-order valence-corrected chi connectivity index (χ0v) is 15.7. The number of sulfonamides is 1. The molecular formula is C18H15FN6O3S. The predicted molar refractivity (Wildman–Crippen MR) is 101 cm³/mol. The first kappa shape index (κ1) is 20.1. The fourth-order valence-corrected chi connectivity index (χ4v) is 3.45. The van der Waals surface area contributed by atoms with Crippen molar-refractivity contribution in [3.8, 4) is 11.8 Å². The average Bonchev–Trinajstić information content (AvgIpc) is 3.23. The molecule has 0 aliphatic heterocycles. The third kappa shape index (κ3) is 4.81. The normalized spacial score (nSPS) is 11.0. The molecule has 0 fully saturated rings. The van der Waals surface area contributed by atoms with E-state index in [2.05, 4.69) is 20.1 Å². The van der Waals surface area contributed by atoms with Gasteiger partial charge >= 0.3 is 0 Å². The number of aromatic nitrogens is 3. The van der Waals surface area contributed by atoms with Gasteiger partial charge in [-0.3, -0.25) is 4.79 Å². The van der Waals surface area contributed by atoms with Crippen molar-refractivity contribution in [1.82, 2.24) is 19.5 Å². The quantitative estimate of drug-likeness (QED) is 0.568. The molecule has 0 unspecified atom stereocenters.